The van der Waals surface area contributed by atoms with Crippen LogP contribution in [0.5, 0.6) is 0 Å². The fraction of sp³-hybridized carbons (Fsp3) is 0.471. The van der Waals surface area contributed by atoms with Gasteiger partial charge in [0.1, 0.15) is 12.2 Å². The Hall–Kier alpha value is -2.15. The normalized spacial score (nSPS) is 20.8. The summed E-state index contributed by atoms with van der Waals surface area (Å²) in [4.78, 5) is 4.40. The van der Waals surface area contributed by atoms with Gasteiger partial charge in [-0.3, -0.25) is 4.68 Å². The van der Waals surface area contributed by atoms with Crippen molar-refractivity contribution in [3.05, 3.63) is 47.5 Å². The molecule has 0 aliphatic heterocycles. The molecule has 4 nitrogen and oxygen atoms in total. The minimum absolute atomic E-state index is 0.451. The summed E-state index contributed by atoms with van der Waals surface area (Å²) in [5, 5.41) is 14.2. The topological polar surface area (TPSA) is 54.5 Å². The van der Waals surface area contributed by atoms with Crippen molar-refractivity contribution < 1.29 is 0 Å². The molecule has 1 aromatic heterocycles. The van der Waals surface area contributed by atoms with Gasteiger partial charge in [0, 0.05) is 13.0 Å². The number of nitrogens with zero attached hydrogens (tertiary/aromatic N) is 4. The monoisotopic (exact) mass is 280 g/mol. The quantitative estimate of drug-likeness (QED) is 0.865. The minimum Gasteiger partial charge on any atom is -0.250 e. The fourth-order valence-corrected chi connectivity index (χ4v) is 3.35. The molecule has 0 amide bonds. The molecule has 108 valence electrons. The van der Waals surface area contributed by atoms with Crippen molar-refractivity contribution in [1.82, 2.24) is 14.8 Å². The van der Waals surface area contributed by atoms with Gasteiger partial charge in [-0.25, -0.2) is 4.98 Å². The zero-order valence-electron chi connectivity index (χ0n) is 12.4. The molecule has 0 radical (unpaired) electrons. The predicted octanol–water partition coefficient (Wildman–Crippen LogP) is 3.03. The van der Waals surface area contributed by atoms with E-state index in [2.05, 4.69) is 41.3 Å². The highest BCUT2D eigenvalue weighted by Gasteiger charge is 2.38. The molecule has 0 saturated carbocycles. The molecule has 1 atom stereocenters. The maximum Gasteiger partial charge on any atom is 0.138 e. The Morgan fingerprint density at radius 2 is 2.24 bits per heavy atom. The molecule has 1 heterocycles. The number of nitriles is 1. The van der Waals surface area contributed by atoms with E-state index in [1.807, 2.05) is 10.7 Å². The minimum atomic E-state index is -0.451. The molecule has 0 saturated heterocycles. The number of rotatable bonds is 4. The van der Waals surface area contributed by atoms with Crippen LogP contribution in [0.4, 0.5) is 0 Å². The van der Waals surface area contributed by atoms with E-state index >= 15 is 0 Å². The van der Waals surface area contributed by atoms with Gasteiger partial charge in [-0.05, 0) is 36.8 Å². The summed E-state index contributed by atoms with van der Waals surface area (Å²) in [6, 6.07) is 11.0. The first-order valence-electron chi connectivity index (χ1n) is 7.65. The van der Waals surface area contributed by atoms with Gasteiger partial charge in [-0.1, -0.05) is 31.2 Å². The highest BCUT2D eigenvalue weighted by atomic mass is 15.3. The Bertz CT molecular complexity index is 667. The zero-order chi connectivity index (χ0) is 14.7. The van der Waals surface area contributed by atoms with E-state index in [1.54, 1.807) is 6.33 Å². The van der Waals surface area contributed by atoms with Gasteiger partial charge in [0.05, 0.1) is 11.5 Å². The van der Waals surface area contributed by atoms with E-state index in [-0.39, 0.29) is 0 Å². The average Bonchev–Trinajstić information content (AvgIpc) is 2.95. The lowest BCUT2D eigenvalue weighted by atomic mass is 9.69. The standard InChI is InChI=1S/C17H20N4/c1-2-10-21-16(19-13-20-21)11-17(12-18)9-5-7-14-6-3-4-8-15(14)17/h3-4,6,8,13H,2,5,7,9-11H2,1H3. The van der Waals surface area contributed by atoms with Crippen LogP contribution in [0.2, 0.25) is 0 Å². The Labute approximate surface area is 125 Å². The Kier molecular flexibility index (Phi) is 3.74. The maximum atomic E-state index is 9.90. The first-order chi connectivity index (χ1) is 10.3. The number of fused-ring (bicyclic) bond motifs is 1. The molecule has 1 aromatic carbocycles. The van der Waals surface area contributed by atoms with Gasteiger partial charge in [-0.15, -0.1) is 0 Å². The second-order valence-electron chi connectivity index (χ2n) is 5.78. The van der Waals surface area contributed by atoms with Crippen LogP contribution >= 0.6 is 0 Å². The van der Waals surface area contributed by atoms with Crippen LogP contribution < -0.4 is 0 Å². The second kappa shape index (κ2) is 5.69. The van der Waals surface area contributed by atoms with Gasteiger partial charge < -0.3 is 0 Å². The summed E-state index contributed by atoms with van der Waals surface area (Å²) in [6.45, 7) is 2.99. The van der Waals surface area contributed by atoms with Crippen LogP contribution in [0.1, 0.15) is 43.1 Å². The summed E-state index contributed by atoms with van der Waals surface area (Å²) in [5.74, 6) is 0.926. The smallest absolute Gasteiger partial charge is 0.138 e. The van der Waals surface area contributed by atoms with Gasteiger partial charge >= 0.3 is 0 Å². The number of hydrogen-bond donors (Lipinski definition) is 0. The summed E-state index contributed by atoms with van der Waals surface area (Å²) in [5.41, 5.74) is 2.05. The average molecular weight is 280 g/mol. The number of aryl methyl sites for hydroxylation is 2. The predicted molar refractivity (Wildman–Crippen MR) is 80.7 cm³/mol. The molecule has 21 heavy (non-hydrogen) atoms. The molecule has 4 heteroatoms. The molecular weight excluding hydrogens is 260 g/mol. The molecular formula is C17H20N4. The SMILES string of the molecule is CCCn1ncnc1CC1(C#N)CCCc2ccccc21. The molecule has 3 rings (SSSR count). The van der Waals surface area contributed by atoms with E-state index in [0.717, 1.165) is 38.1 Å². The molecule has 0 spiro atoms. The lowest BCUT2D eigenvalue weighted by Gasteiger charge is -2.33. The third-order valence-electron chi connectivity index (χ3n) is 4.39. The van der Waals surface area contributed by atoms with Crippen molar-refractivity contribution in [3.8, 4) is 6.07 Å². The van der Waals surface area contributed by atoms with E-state index in [0.29, 0.717) is 6.42 Å². The van der Waals surface area contributed by atoms with Crippen LogP contribution in [-0.2, 0) is 24.8 Å². The number of aromatic nitrogens is 3. The first-order valence-corrected chi connectivity index (χ1v) is 7.65. The van der Waals surface area contributed by atoms with Gasteiger partial charge in [0.15, 0.2) is 0 Å². The molecule has 1 aliphatic carbocycles. The van der Waals surface area contributed by atoms with Crippen LogP contribution in [0, 0.1) is 11.3 Å². The second-order valence-corrected chi connectivity index (χ2v) is 5.78. The van der Waals surface area contributed by atoms with Gasteiger partial charge in [0.25, 0.3) is 0 Å². The molecule has 1 aliphatic rings. The van der Waals surface area contributed by atoms with Crippen molar-refractivity contribution in [2.75, 3.05) is 0 Å². The summed E-state index contributed by atoms with van der Waals surface area (Å²) in [6.07, 6.45) is 6.31. The lowest BCUT2D eigenvalue weighted by Crippen LogP contribution is -2.33. The van der Waals surface area contributed by atoms with Crippen LogP contribution in [0.25, 0.3) is 0 Å². The van der Waals surface area contributed by atoms with Crippen molar-refractivity contribution in [1.29, 1.82) is 5.26 Å². The molecule has 2 aromatic rings. The first kappa shape index (κ1) is 13.8. The van der Waals surface area contributed by atoms with E-state index in [1.165, 1.54) is 11.1 Å². The van der Waals surface area contributed by atoms with E-state index in [4.69, 9.17) is 0 Å². The van der Waals surface area contributed by atoms with Gasteiger partial charge in [0.2, 0.25) is 0 Å². The number of benzene rings is 1. The third kappa shape index (κ3) is 2.44. The fourth-order valence-electron chi connectivity index (χ4n) is 3.35. The number of hydrogen-bond acceptors (Lipinski definition) is 3. The van der Waals surface area contributed by atoms with Crippen molar-refractivity contribution in [2.45, 2.75) is 51.0 Å². The molecule has 0 fully saturated rings. The molecule has 0 bridgehead atoms. The van der Waals surface area contributed by atoms with E-state index in [9.17, 15) is 5.26 Å². The lowest BCUT2D eigenvalue weighted by molar-refractivity contribution is 0.425. The highest BCUT2D eigenvalue weighted by molar-refractivity contribution is 5.42. The Morgan fingerprint density at radius 1 is 1.38 bits per heavy atom. The summed E-state index contributed by atoms with van der Waals surface area (Å²) in [7, 11) is 0. The maximum absolute atomic E-state index is 9.90. The van der Waals surface area contributed by atoms with Crippen molar-refractivity contribution in [2.24, 2.45) is 0 Å². The zero-order valence-corrected chi connectivity index (χ0v) is 12.4. The summed E-state index contributed by atoms with van der Waals surface area (Å²) >= 11 is 0. The van der Waals surface area contributed by atoms with E-state index < -0.39 is 5.41 Å². The third-order valence-corrected chi connectivity index (χ3v) is 4.39. The van der Waals surface area contributed by atoms with Gasteiger partial charge in [-0.2, -0.15) is 10.4 Å². The summed E-state index contributed by atoms with van der Waals surface area (Å²) < 4.78 is 1.94. The van der Waals surface area contributed by atoms with Crippen LogP contribution in [-0.4, -0.2) is 14.8 Å². The Balaban J connectivity index is 1.99. The van der Waals surface area contributed by atoms with Crippen molar-refractivity contribution in [3.63, 3.8) is 0 Å². The van der Waals surface area contributed by atoms with Crippen molar-refractivity contribution >= 4 is 0 Å². The highest BCUT2D eigenvalue weighted by Crippen LogP contribution is 2.39. The largest absolute Gasteiger partial charge is 0.250 e. The molecule has 1 unspecified atom stereocenters. The Morgan fingerprint density at radius 3 is 3.05 bits per heavy atom. The van der Waals surface area contributed by atoms with Crippen LogP contribution in [0.15, 0.2) is 30.6 Å². The molecule has 0 N–H and O–H groups in total. The van der Waals surface area contributed by atoms with Crippen LogP contribution in [0.3, 0.4) is 0 Å².